The molecule has 0 aromatic heterocycles. The summed E-state index contributed by atoms with van der Waals surface area (Å²) in [5.74, 6) is 0.572. The lowest BCUT2D eigenvalue weighted by Crippen LogP contribution is -2.32. The largest absolute Gasteiger partial charge is 0.315 e. The van der Waals surface area contributed by atoms with Crippen molar-refractivity contribution in [1.82, 2.24) is 10.2 Å². The molecule has 0 spiro atoms. The number of nitrogens with zero attached hydrogens (tertiary/aromatic N) is 1. The van der Waals surface area contributed by atoms with E-state index in [0.29, 0.717) is 12.3 Å². The number of nitrogens with one attached hydrogen (secondary N) is 1. The number of hydrogen-bond acceptors (Lipinski definition) is 4. The number of sulfone groups is 1. The predicted molar refractivity (Wildman–Crippen MR) is 58.3 cm³/mol. The Morgan fingerprint density at radius 1 is 1.29 bits per heavy atom. The third-order valence-electron chi connectivity index (χ3n) is 2.59. The SMILES string of the molecule is CCS(=O)(=O)CCN1CCCNCC1. The summed E-state index contributed by atoms with van der Waals surface area (Å²) >= 11 is 0. The van der Waals surface area contributed by atoms with Gasteiger partial charge in [-0.25, -0.2) is 8.42 Å². The Bertz CT molecular complexity index is 244. The lowest BCUT2D eigenvalue weighted by molar-refractivity contribution is 0.309. The van der Waals surface area contributed by atoms with Crippen molar-refractivity contribution in [1.29, 1.82) is 0 Å². The maximum Gasteiger partial charge on any atom is 0.151 e. The minimum atomic E-state index is -2.79. The van der Waals surface area contributed by atoms with Crippen LogP contribution in [0.4, 0.5) is 0 Å². The maximum absolute atomic E-state index is 11.3. The smallest absolute Gasteiger partial charge is 0.151 e. The summed E-state index contributed by atoms with van der Waals surface area (Å²) in [5, 5.41) is 3.30. The monoisotopic (exact) mass is 220 g/mol. The maximum atomic E-state index is 11.3. The van der Waals surface area contributed by atoms with Crippen molar-refractivity contribution in [3.63, 3.8) is 0 Å². The van der Waals surface area contributed by atoms with E-state index in [9.17, 15) is 8.42 Å². The second-order valence-electron chi connectivity index (χ2n) is 3.68. The summed E-state index contributed by atoms with van der Waals surface area (Å²) < 4.78 is 22.6. The summed E-state index contributed by atoms with van der Waals surface area (Å²) in [6.45, 7) is 6.42. The van der Waals surface area contributed by atoms with Crippen molar-refractivity contribution < 1.29 is 8.42 Å². The summed E-state index contributed by atoms with van der Waals surface area (Å²) in [6, 6.07) is 0. The Hall–Kier alpha value is -0.130. The standard InChI is InChI=1S/C9H20N2O2S/c1-2-14(12,13)9-8-11-6-3-4-10-5-7-11/h10H,2-9H2,1H3. The fourth-order valence-corrected chi connectivity index (χ4v) is 2.36. The normalized spacial score (nSPS) is 20.6. The van der Waals surface area contributed by atoms with E-state index in [1.165, 1.54) is 0 Å². The quantitative estimate of drug-likeness (QED) is 0.708. The second kappa shape index (κ2) is 5.68. The van der Waals surface area contributed by atoms with Crippen LogP contribution in [0.15, 0.2) is 0 Å². The Labute approximate surface area is 86.6 Å². The van der Waals surface area contributed by atoms with Gasteiger partial charge >= 0.3 is 0 Å². The molecule has 0 aromatic carbocycles. The van der Waals surface area contributed by atoms with Gasteiger partial charge in [0.25, 0.3) is 0 Å². The summed E-state index contributed by atoms with van der Waals surface area (Å²) in [7, 11) is -2.79. The number of rotatable bonds is 4. The van der Waals surface area contributed by atoms with Gasteiger partial charge in [-0.3, -0.25) is 0 Å². The molecule has 0 atom stereocenters. The van der Waals surface area contributed by atoms with Crippen LogP contribution in [0.1, 0.15) is 13.3 Å². The lowest BCUT2D eigenvalue weighted by Gasteiger charge is -2.18. The Morgan fingerprint density at radius 3 is 2.79 bits per heavy atom. The van der Waals surface area contributed by atoms with Gasteiger partial charge in [-0.2, -0.15) is 0 Å². The molecule has 84 valence electrons. The predicted octanol–water partition coefficient (Wildman–Crippen LogP) is -0.284. The zero-order valence-electron chi connectivity index (χ0n) is 8.83. The minimum Gasteiger partial charge on any atom is -0.315 e. The molecule has 4 nitrogen and oxygen atoms in total. The second-order valence-corrected chi connectivity index (χ2v) is 6.15. The van der Waals surface area contributed by atoms with Gasteiger partial charge in [0.15, 0.2) is 9.84 Å². The lowest BCUT2D eigenvalue weighted by atomic mass is 10.4. The van der Waals surface area contributed by atoms with E-state index in [0.717, 1.165) is 32.6 Å². The molecule has 14 heavy (non-hydrogen) atoms. The Balaban J connectivity index is 2.29. The molecule has 5 heteroatoms. The molecule has 1 N–H and O–H groups in total. The molecule has 0 radical (unpaired) electrons. The van der Waals surface area contributed by atoms with Crippen molar-refractivity contribution in [3.8, 4) is 0 Å². The molecule has 1 heterocycles. The van der Waals surface area contributed by atoms with E-state index in [-0.39, 0.29) is 5.75 Å². The highest BCUT2D eigenvalue weighted by Gasteiger charge is 2.12. The minimum absolute atomic E-state index is 0.263. The average Bonchev–Trinajstić information content (AvgIpc) is 2.43. The molecule has 1 aliphatic rings. The van der Waals surface area contributed by atoms with Gasteiger partial charge < -0.3 is 10.2 Å². The summed E-state index contributed by atoms with van der Waals surface area (Å²) in [4.78, 5) is 2.23. The van der Waals surface area contributed by atoms with E-state index < -0.39 is 9.84 Å². The fraction of sp³-hybridized carbons (Fsp3) is 1.00. The molecule has 0 bridgehead atoms. The van der Waals surface area contributed by atoms with Crippen LogP contribution in [-0.2, 0) is 9.84 Å². The molecule has 0 aliphatic carbocycles. The van der Waals surface area contributed by atoms with Gasteiger partial charge in [0.1, 0.15) is 0 Å². The zero-order chi connectivity index (χ0) is 10.4. The van der Waals surface area contributed by atoms with Crippen LogP contribution in [0.3, 0.4) is 0 Å². The highest BCUT2D eigenvalue weighted by atomic mass is 32.2. The average molecular weight is 220 g/mol. The first-order valence-corrected chi connectivity index (χ1v) is 7.09. The molecule has 1 saturated heterocycles. The van der Waals surface area contributed by atoms with Gasteiger partial charge in [0.05, 0.1) is 5.75 Å². The molecule has 1 aliphatic heterocycles. The van der Waals surface area contributed by atoms with Crippen LogP contribution in [0.25, 0.3) is 0 Å². The van der Waals surface area contributed by atoms with Crippen molar-refractivity contribution in [2.24, 2.45) is 0 Å². The first kappa shape index (κ1) is 11.9. The Morgan fingerprint density at radius 2 is 2.07 bits per heavy atom. The third kappa shape index (κ3) is 4.39. The molecule has 1 rings (SSSR count). The van der Waals surface area contributed by atoms with Crippen molar-refractivity contribution in [2.75, 3.05) is 44.2 Å². The van der Waals surface area contributed by atoms with Crippen LogP contribution in [0.2, 0.25) is 0 Å². The van der Waals surface area contributed by atoms with E-state index in [1.807, 2.05) is 0 Å². The Kier molecular flexibility index (Phi) is 4.84. The van der Waals surface area contributed by atoms with Crippen molar-refractivity contribution >= 4 is 9.84 Å². The van der Waals surface area contributed by atoms with E-state index in [2.05, 4.69) is 10.2 Å². The molecular weight excluding hydrogens is 200 g/mol. The topological polar surface area (TPSA) is 49.4 Å². The first-order valence-electron chi connectivity index (χ1n) is 5.27. The van der Waals surface area contributed by atoms with E-state index in [1.54, 1.807) is 6.92 Å². The van der Waals surface area contributed by atoms with Gasteiger partial charge in [0.2, 0.25) is 0 Å². The van der Waals surface area contributed by atoms with Crippen LogP contribution in [0.5, 0.6) is 0 Å². The van der Waals surface area contributed by atoms with Crippen LogP contribution >= 0.6 is 0 Å². The van der Waals surface area contributed by atoms with Crippen LogP contribution in [-0.4, -0.2) is 57.5 Å². The summed E-state index contributed by atoms with van der Waals surface area (Å²) in [5.41, 5.74) is 0. The van der Waals surface area contributed by atoms with Gasteiger partial charge in [-0.15, -0.1) is 0 Å². The third-order valence-corrected chi connectivity index (χ3v) is 4.28. The first-order chi connectivity index (χ1) is 6.64. The van der Waals surface area contributed by atoms with Crippen molar-refractivity contribution in [3.05, 3.63) is 0 Å². The van der Waals surface area contributed by atoms with Crippen LogP contribution in [0, 0.1) is 0 Å². The number of hydrogen-bond donors (Lipinski definition) is 1. The molecule has 0 amide bonds. The molecule has 0 saturated carbocycles. The summed E-state index contributed by atoms with van der Waals surface area (Å²) in [6.07, 6.45) is 1.12. The molecular formula is C9H20N2O2S. The molecule has 1 fully saturated rings. The van der Waals surface area contributed by atoms with Gasteiger partial charge in [0, 0.05) is 25.4 Å². The molecule has 0 unspecified atom stereocenters. The van der Waals surface area contributed by atoms with E-state index >= 15 is 0 Å². The highest BCUT2D eigenvalue weighted by molar-refractivity contribution is 7.91. The highest BCUT2D eigenvalue weighted by Crippen LogP contribution is 1.97. The fourth-order valence-electron chi connectivity index (χ4n) is 1.54. The molecule has 0 aromatic rings. The van der Waals surface area contributed by atoms with Crippen LogP contribution < -0.4 is 5.32 Å². The van der Waals surface area contributed by atoms with Crippen molar-refractivity contribution in [2.45, 2.75) is 13.3 Å². The van der Waals surface area contributed by atoms with E-state index in [4.69, 9.17) is 0 Å². The van der Waals surface area contributed by atoms with Gasteiger partial charge in [-0.1, -0.05) is 6.92 Å². The zero-order valence-corrected chi connectivity index (χ0v) is 9.65. The van der Waals surface area contributed by atoms with Gasteiger partial charge in [-0.05, 0) is 19.5 Å².